The fourth-order valence-electron chi connectivity index (χ4n) is 2.34. The van der Waals surface area contributed by atoms with E-state index in [0.29, 0.717) is 19.6 Å². The highest BCUT2D eigenvalue weighted by molar-refractivity contribution is 5.82. The third-order valence-corrected chi connectivity index (χ3v) is 3.40. The van der Waals surface area contributed by atoms with Crippen LogP contribution in [0.25, 0.3) is 11.0 Å². The van der Waals surface area contributed by atoms with Gasteiger partial charge in [-0.05, 0) is 6.07 Å². The zero-order chi connectivity index (χ0) is 13.2. The Balaban J connectivity index is 1.82. The molecule has 0 saturated carbocycles. The molecule has 2 aromatic rings. The van der Waals surface area contributed by atoms with Gasteiger partial charge in [0, 0.05) is 30.6 Å². The van der Waals surface area contributed by atoms with Gasteiger partial charge < -0.3 is 19.8 Å². The molecule has 1 amide bonds. The van der Waals surface area contributed by atoms with Crippen molar-refractivity contribution in [3.63, 3.8) is 0 Å². The lowest BCUT2D eigenvalue weighted by Gasteiger charge is -2.31. The van der Waals surface area contributed by atoms with Gasteiger partial charge in [-0.3, -0.25) is 4.79 Å². The molecule has 2 N–H and O–H groups in total. The van der Waals surface area contributed by atoms with Crippen molar-refractivity contribution >= 4 is 16.9 Å². The van der Waals surface area contributed by atoms with Crippen LogP contribution in [-0.4, -0.2) is 36.6 Å². The Kier molecular flexibility index (Phi) is 3.23. The number of fused-ring (bicyclic) bond motifs is 1. The Morgan fingerprint density at radius 3 is 3.05 bits per heavy atom. The zero-order valence-electron chi connectivity index (χ0n) is 10.5. The lowest BCUT2D eigenvalue weighted by molar-refractivity contribution is -0.149. The monoisotopic (exact) mass is 260 g/mol. The standard InChI is InChI=1S/C14H16N2O3/c15-5-11-7-16(14(17)9-18-11)6-10-8-19-13-4-2-1-3-12(10)13/h1-4,8,11H,5-7,9,15H2. The first-order chi connectivity index (χ1) is 9.28. The van der Waals surface area contributed by atoms with E-state index in [1.807, 2.05) is 24.3 Å². The summed E-state index contributed by atoms with van der Waals surface area (Å²) in [5.74, 6) is -0.00465. The first-order valence-corrected chi connectivity index (χ1v) is 6.32. The van der Waals surface area contributed by atoms with Crippen LogP contribution in [0, 0.1) is 0 Å². The summed E-state index contributed by atoms with van der Waals surface area (Å²) in [6.45, 7) is 1.61. The Morgan fingerprint density at radius 1 is 1.37 bits per heavy atom. The topological polar surface area (TPSA) is 68.7 Å². The fourth-order valence-corrected chi connectivity index (χ4v) is 2.34. The molecular formula is C14H16N2O3. The molecule has 5 nitrogen and oxygen atoms in total. The Hall–Kier alpha value is -1.85. The van der Waals surface area contributed by atoms with Crippen molar-refractivity contribution in [3.8, 4) is 0 Å². The lowest BCUT2D eigenvalue weighted by Crippen LogP contribution is -2.48. The molecule has 19 heavy (non-hydrogen) atoms. The predicted molar refractivity (Wildman–Crippen MR) is 70.4 cm³/mol. The van der Waals surface area contributed by atoms with Crippen molar-refractivity contribution in [2.75, 3.05) is 19.7 Å². The van der Waals surface area contributed by atoms with E-state index < -0.39 is 0 Å². The van der Waals surface area contributed by atoms with Crippen LogP contribution in [0.5, 0.6) is 0 Å². The second kappa shape index (κ2) is 5.03. The SMILES string of the molecule is NCC1CN(Cc2coc3ccccc23)C(=O)CO1. The molecule has 100 valence electrons. The van der Waals surface area contributed by atoms with E-state index >= 15 is 0 Å². The molecule has 1 fully saturated rings. The molecule has 1 aromatic carbocycles. The molecular weight excluding hydrogens is 244 g/mol. The molecule has 1 aromatic heterocycles. The molecule has 1 aliphatic rings. The maximum absolute atomic E-state index is 11.8. The number of hydrogen-bond acceptors (Lipinski definition) is 4. The molecule has 5 heteroatoms. The zero-order valence-corrected chi connectivity index (χ0v) is 10.5. The summed E-state index contributed by atoms with van der Waals surface area (Å²) in [6.07, 6.45) is 1.64. The maximum Gasteiger partial charge on any atom is 0.248 e. The molecule has 1 saturated heterocycles. The largest absolute Gasteiger partial charge is 0.464 e. The Labute approximate surface area is 110 Å². The van der Waals surface area contributed by atoms with Gasteiger partial charge in [0.05, 0.1) is 12.4 Å². The molecule has 0 bridgehead atoms. The minimum Gasteiger partial charge on any atom is -0.464 e. The number of carbonyl (C=O) groups is 1. The number of para-hydroxylation sites is 1. The minimum absolute atomic E-state index is 0.00465. The molecule has 1 aliphatic heterocycles. The quantitative estimate of drug-likeness (QED) is 0.898. The van der Waals surface area contributed by atoms with Crippen LogP contribution < -0.4 is 5.73 Å². The average Bonchev–Trinajstić information content (AvgIpc) is 2.85. The van der Waals surface area contributed by atoms with Gasteiger partial charge in [0.1, 0.15) is 12.2 Å². The van der Waals surface area contributed by atoms with E-state index in [1.165, 1.54) is 0 Å². The number of rotatable bonds is 3. The normalized spacial score (nSPS) is 20.2. The number of benzene rings is 1. The van der Waals surface area contributed by atoms with E-state index in [1.54, 1.807) is 11.2 Å². The first-order valence-electron chi connectivity index (χ1n) is 6.32. The number of ether oxygens (including phenoxy) is 1. The van der Waals surface area contributed by atoms with Crippen LogP contribution >= 0.6 is 0 Å². The summed E-state index contributed by atoms with van der Waals surface area (Å²) in [5, 5.41) is 1.05. The predicted octanol–water partition coefficient (Wildman–Crippen LogP) is 1.12. The number of carbonyl (C=O) groups excluding carboxylic acids is 1. The van der Waals surface area contributed by atoms with Gasteiger partial charge in [0.2, 0.25) is 5.91 Å². The number of hydrogen-bond donors (Lipinski definition) is 1. The summed E-state index contributed by atoms with van der Waals surface area (Å²) in [7, 11) is 0. The molecule has 0 aliphatic carbocycles. The maximum atomic E-state index is 11.8. The van der Waals surface area contributed by atoms with Crippen molar-refractivity contribution in [1.29, 1.82) is 0 Å². The van der Waals surface area contributed by atoms with E-state index in [9.17, 15) is 4.79 Å². The molecule has 0 spiro atoms. The first kappa shape index (κ1) is 12.2. The second-order valence-electron chi connectivity index (χ2n) is 4.70. The smallest absolute Gasteiger partial charge is 0.248 e. The minimum atomic E-state index is -0.0733. The molecule has 0 radical (unpaired) electrons. The number of furan rings is 1. The van der Waals surface area contributed by atoms with Crippen molar-refractivity contribution in [3.05, 3.63) is 36.1 Å². The Morgan fingerprint density at radius 2 is 2.21 bits per heavy atom. The highest BCUT2D eigenvalue weighted by atomic mass is 16.5. The summed E-state index contributed by atoms with van der Waals surface area (Å²) in [4.78, 5) is 13.6. The fraction of sp³-hybridized carbons (Fsp3) is 0.357. The van der Waals surface area contributed by atoms with E-state index in [0.717, 1.165) is 16.5 Å². The highest BCUT2D eigenvalue weighted by Gasteiger charge is 2.26. The van der Waals surface area contributed by atoms with Gasteiger partial charge in [-0.1, -0.05) is 18.2 Å². The van der Waals surface area contributed by atoms with Crippen LogP contribution in [0.3, 0.4) is 0 Å². The highest BCUT2D eigenvalue weighted by Crippen LogP contribution is 2.22. The summed E-state index contributed by atoms with van der Waals surface area (Å²) < 4.78 is 10.8. The third-order valence-electron chi connectivity index (χ3n) is 3.40. The lowest BCUT2D eigenvalue weighted by atomic mass is 10.1. The van der Waals surface area contributed by atoms with Gasteiger partial charge in [0.25, 0.3) is 0 Å². The van der Waals surface area contributed by atoms with E-state index in [-0.39, 0.29) is 18.6 Å². The summed E-state index contributed by atoms with van der Waals surface area (Å²) in [6, 6.07) is 7.81. The average molecular weight is 260 g/mol. The number of nitrogens with zero attached hydrogens (tertiary/aromatic N) is 1. The van der Waals surface area contributed by atoms with Gasteiger partial charge >= 0.3 is 0 Å². The molecule has 2 heterocycles. The van der Waals surface area contributed by atoms with Crippen molar-refractivity contribution in [2.45, 2.75) is 12.6 Å². The summed E-state index contributed by atoms with van der Waals surface area (Å²) >= 11 is 0. The molecule has 3 rings (SSSR count). The third kappa shape index (κ3) is 2.34. The van der Waals surface area contributed by atoms with Crippen molar-refractivity contribution < 1.29 is 13.9 Å². The van der Waals surface area contributed by atoms with Gasteiger partial charge in [-0.15, -0.1) is 0 Å². The van der Waals surface area contributed by atoms with Crippen LogP contribution in [0.1, 0.15) is 5.56 Å². The van der Waals surface area contributed by atoms with Crippen molar-refractivity contribution in [1.82, 2.24) is 4.90 Å². The number of nitrogens with two attached hydrogens (primary N) is 1. The van der Waals surface area contributed by atoms with Gasteiger partial charge in [-0.25, -0.2) is 0 Å². The number of morpholine rings is 1. The van der Waals surface area contributed by atoms with Crippen LogP contribution in [-0.2, 0) is 16.1 Å². The number of amides is 1. The van der Waals surface area contributed by atoms with Gasteiger partial charge in [-0.2, -0.15) is 0 Å². The van der Waals surface area contributed by atoms with Gasteiger partial charge in [0.15, 0.2) is 0 Å². The second-order valence-corrected chi connectivity index (χ2v) is 4.70. The van der Waals surface area contributed by atoms with Crippen molar-refractivity contribution in [2.24, 2.45) is 5.73 Å². The Bertz CT molecular complexity index is 593. The van der Waals surface area contributed by atoms with E-state index in [4.69, 9.17) is 14.9 Å². The van der Waals surface area contributed by atoms with E-state index in [2.05, 4.69) is 0 Å². The van der Waals surface area contributed by atoms with Crippen LogP contribution in [0.15, 0.2) is 34.9 Å². The molecule has 1 unspecified atom stereocenters. The molecule has 1 atom stereocenters. The summed E-state index contributed by atoms with van der Waals surface area (Å²) in [5.41, 5.74) is 7.45. The van der Waals surface area contributed by atoms with Crippen LogP contribution in [0.4, 0.5) is 0 Å². The van der Waals surface area contributed by atoms with Crippen LogP contribution in [0.2, 0.25) is 0 Å².